The van der Waals surface area contributed by atoms with Crippen molar-refractivity contribution < 1.29 is 27.9 Å². The summed E-state index contributed by atoms with van der Waals surface area (Å²) < 4.78 is 23.7. The summed E-state index contributed by atoms with van der Waals surface area (Å²) in [5.74, 6) is -2.67. The normalized spacial score (nSPS) is 29.5. The molecule has 24 heavy (non-hydrogen) atoms. The predicted molar refractivity (Wildman–Crippen MR) is 82.8 cm³/mol. The zero-order chi connectivity index (χ0) is 17.9. The third kappa shape index (κ3) is 1.97. The SMILES string of the molecule is CC1(C)[C@H](C(=O)O)N2C(=O)[C@@H](NC(=O)c3ccccc3)[C@H]2S1(=O)=O. The van der Waals surface area contributed by atoms with Crippen LogP contribution in [0, 0.1) is 0 Å². The van der Waals surface area contributed by atoms with Gasteiger partial charge in [-0.25, -0.2) is 13.2 Å². The van der Waals surface area contributed by atoms with Crippen LogP contribution in [0.25, 0.3) is 0 Å². The van der Waals surface area contributed by atoms with Crippen molar-refractivity contribution in [3.63, 3.8) is 0 Å². The van der Waals surface area contributed by atoms with Gasteiger partial charge in [0.1, 0.15) is 16.8 Å². The number of rotatable bonds is 3. The van der Waals surface area contributed by atoms with E-state index in [1.807, 2.05) is 0 Å². The smallest absolute Gasteiger partial charge is 0.328 e. The molecule has 128 valence electrons. The van der Waals surface area contributed by atoms with E-state index in [9.17, 15) is 27.9 Å². The molecule has 0 saturated carbocycles. The van der Waals surface area contributed by atoms with Gasteiger partial charge >= 0.3 is 5.97 Å². The number of carboxylic acid groups (broad SMARTS) is 1. The van der Waals surface area contributed by atoms with Crippen molar-refractivity contribution in [2.24, 2.45) is 0 Å². The summed E-state index contributed by atoms with van der Waals surface area (Å²) in [5.41, 5.74) is 0.285. The molecule has 0 spiro atoms. The van der Waals surface area contributed by atoms with Crippen molar-refractivity contribution in [3.05, 3.63) is 35.9 Å². The number of carbonyl (C=O) groups is 3. The number of benzene rings is 1. The number of hydrogen-bond donors (Lipinski definition) is 2. The van der Waals surface area contributed by atoms with Crippen LogP contribution in [-0.4, -0.2) is 58.4 Å². The molecular formula is C15H16N2O6S. The number of nitrogens with one attached hydrogen (secondary N) is 1. The van der Waals surface area contributed by atoms with Gasteiger partial charge in [-0.15, -0.1) is 0 Å². The quantitative estimate of drug-likeness (QED) is 0.715. The molecule has 0 bridgehead atoms. The fraction of sp³-hybridized carbons (Fsp3) is 0.400. The lowest BCUT2D eigenvalue weighted by Crippen LogP contribution is -2.72. The van der Waals surface area contributed by atoms with E-state index in [4.69, 9.17) is 0 Å². The minimum Gasteiger partial charge on any atom is -0.480 e. The lowest BCUT2D eigenvalue weighted by molar-refractivity contribution is -0.159. The number of aliphatic carboxylic acids is 1. The van der Waals surface area contributed by atoms with Crippen LogP contribution in [0.2, 0.25) is 0 Å². The van der Waals surface area contributed by atoms with Crippen molar-refractivity contribution in [1.82, 2.24) is 10.2 Å². The number of sulfone groups is 1. The van der Waals surface area contributed by atoms with Gasteiger partial charge in [0, 0.05) is 5.56 Å². The molecule has 1 aromatic carbocycles. The first-order valence-electron chi connectivity index (χ1n) is 7.25. The summed E-state index contributed by atoms with van der Waals surface area (Å²) in [7, 11) is -3.96. The summed E-state index contributed by atoms with van der Waals surface area (Å²) in [6.07, 6.45) is 0. The second-order valence-corrected chi connectivity index (χ2v) is 8.97. The fourth-order valence-corrected chi connectivity index (χ4v) is 5.47. The summed E-state index contributed by atoms with van der Waals surface area (Å²) in [4.78, 5) is 36.7. The first-order chi connectivity index (χ1) is 11.1. The zero-order valence-corrected chi connectivity index (χ0v) is 13.8. The number of fused-ring (bicyclic) bond motifs is 1. The molecule has 2 N–H and O–H groups in total. The molecule has 2 amide bonds. The van der Waals surface area contributed by atoms with E-state index < -0.39 is 49.8 Å². The van der Waals surface area contributed by atoms with Crippen LogP contribution < -0.4 is 5.32 Å². The van der Waals surface area contributed by atoms with Gasteiger partial charge in [-0.05, 0) is 26.0 Å². The lowest BCUT2D eigenvalue weighted by Gasteiger charge is -2.42. The highest BCUT2D eigenvalue weighted by Crippen LogP contribution is 2.45. The van der Waals surface area contributed by atoms with E-state index in [1.165, 1.54) is 26.0 Å². The highest BCUT2D eigenvalue weighted by Gasteiger charge is 2.72. The van der Waals surface area contributed by atoms with E-state index in [1.54, 1.807) is 18.2 Å². The summed E-state index contributed by atoms with van der Waals surface area (Å²) in [5, 5.41) is 10.4. The van der Waals surface area contributed by atoms with Crippen LogP contribution in [0.15, 0.2) is 30.3 Å². The van der Waals surface area contributed by atoms with Gasteiger partial charge < -0.3 is 15.3 Å². The third-order valence-corrected chi connectivity index (χ3v) is 7.45. The number of hydrogen-bond acceptors (Lipinski definition) is 5. The number of carbonyl (C=O) groups excluding carboxylic acids is 2. The number of nitrogens with zero attached hydrogens (tertiary/aromatic N) is 1. The Kier molecular flexibility index (Phi) is 3.45. The summed E-state index contributed by atoms with van der Waals surface area (Å²) in [6, 6.07) is 5.32. The minimum atomic E-state index is -3.96. The van der Waals surface area contributed by atoms with Crippen LogP contribution in [0.4, 0.5) is 0 Å². The Labute approximate surface area is 138 Å². The molecule has 0 radical (unpaired) electrons. The Balaban J connectivity index is 1.91. The zero-order valence-electron chi connectivity index (χ0n) is 13.0. The van der Waals surface area contributed by atoms with E-state index in [2.05, 4.69) is 5.32 Å². The second kappa shape index (κ2) is 5.04. The number of β-lactam (4-membered cyclic amide) rings is 1. The Hall–Kier alpha value is -2.42. The molecule has 2 fully saturated rings. The molecule has 0 unspecified atom stereocenters. The first kappa shape index (κ1) is 16.4. The Morgan fingerprint density at radius 1 is 1.21 bits per heavy atom. The van der Waals surface area contributed by atoms with Crippen molar-refractivity contribution in [1.29, 1.82) is 0 Å². The number of amides is 2. The van der Waals surface area contributed by atoms with Gasteiger partial charge in [-0.2, -0.15) is 0 Å². The molecule has 8 nitrogen and oxygen atoms in total. The van der Waals surface area contributed by atoms with Gasteiger partial charge in [0.25, 0.3) is 5.91 Å². The molecule has 2 saturated heterocycles. The van der Waals surface area contributed by atoms with E-state index in [-0.39, 0.29) is 5.56 Å². The van der Waals surface area contributed by atoms with Gasteiger partial charge in [0.2, 0.25) is 5.91 Å². The monoisotopic (exact) mass is 352 g/mol. The maximum Gasteiger partial charge on any atom is 0.328 e. The Morgan fingerprint density at radius 3 is 2.33 bits per heavy atom. The molecule has 0 aliphatic carbocycles. The number of carboxylic acids is 1. The average molecular weight is 352 g/mol. The van der Waals surface area contributed by atoms with Gasteiger partial charge in [0.15, 0.2) is 15.2 Å². The molecule has 2 aliphatic rings. The van der Waals surface area contributed by atoms with Gasteiger partial charge in [0.05, 0.1) is 0 Å². The van der Waals surface area contributed by atoms with E-state index in [0.717, 1.165) is 4.90 Å². The first-order valence-corrected chi connectivity index (χ1v) is 8.79. The van der Waals surface area contributed by atoms with Crippen LogP contribution >= 0.6 is 0 Å². The third-order valence-electron chi connectivity index (χ3n) is 4.62. The maximum atomic E-state index is 12.7. The molecule has 2 aliphatic heterocycles. The van der Waals surface area contributed by atoms with Crippen molar-refractivity contribution in [2.75, 3.05) is 0 Å². The molecule has 1 aromatic rings. The van der Waals surface area contributed by atoms with E-state index >= 15 is 0 Å². The average Bonchev–Trinajstić information content (AvgIpc) is 2.66. The van der Waals surface area contributed by atoms with E-state index in [0.29, 0.717) is 0 Å². The van der Waals surface area contributed by atoms with Crippen molar-refractivity contribution in [3.8, 4) is 0 Å². The summed E-state index contributed by atoms with van der Waals surface area (Å²) >= 11 is 0. The summed E-state index contributed by atoms with van der Waals surface area (Å²) in [6.45, 7) is 2.56. The second-order valence-electron chi connectivity index (χ2n) is 6.34. The topological polar surface area (TPSA) is 121 Å². The molecule has 3 atom stereocenters. The molecule has 2 heterocycles. The molecule has 3 rings (SSSR count). The van der Waals surface area contributed by atoms with Crippen LogP contribution in [0.3, 0.4) is 0 Å². The van der Waals surface area contributed by atoms with Gasteiger partial charge in [-0.1, -0.05) is 18.2 Å². The maximum absolute atomic E-state index is 12.7. The highest BCUT2D eigenvalue weighted by atomic mass is 32.2. The Bertz CT molecular complexity index is 833. The molecule has 9 heteroatoms. The largest absolute Gasteiger partial charge is 0.480 e. The Morgan fingerprint density at radius 2 is 1.79 bits per heavy atom. The van der Waals surface area contributed by atoms with Crippen LogP contribution in [0.5, 0.6) is 0 Å². The molecular weight excluding hydrogens is 336 g/mol. The van der Waals surface area contributed by atoms with Crippen LogP contribution in [0.1, 0.15) is 24.2 Å². The van der Waals surface area contributed by atoms with Crippen molar-refractivity contribution in [2.45, 2.75) is 36.1 Å². The lowest BCUT2D eigenvalue weighted by atomic mass is 9.96. The predicted octanol–water partition coefficient (Wildman–Crippen LogP) is -0.386. The van der Waals surface area contributed by atoms with Gasteiger partial charge in [-0.3, -0.25) is 9.59 Å². The standard InChI is InChI=1S/C15H16N2O6S/c1-15(2)10(14(20)21)17-12(19)9(13(17)24(15,22)23)16-11(18)8-6-4-3-5-7-8/h3-7,9-10,13H,1-2H3,(H,16,18)(H,20,21)/t9-,10+,13-/m1/s1. The van der Waals surface area contributed by atoms with Crippen molar-refractivity contribution >= 4 is 27.6 Å². The minimum absolute atomic E-state index is 0.285. The van der Waals surface area contributed by atoms with Crippen LogP contribution in [-0.2, 0) is 19.4 Å². The molecule has 0 aromatic heterocycles. The highest BCUT2D eigenvalue weighted by molar-refractivity contribution is 7.94. The fourth-order valence-electron chi connectivity index (χ4n) is 3.25.